The smallest absolute Gasteiger partial charge is 0.264 e. The van der Waals surface area contributed by atoms with Gasteiger partial charge in [-0.15, -0.1) is 0 Å². The highest BCUT2D eigenvalue weighted by atomic mass is 16.2. The zero-order valence-corrected chi connectivity index (χ0v) is 15.8. The summed E-state index contributed by atoms with van der Waals surface area (Å²) in [6.45, 7) is 0. The van der Waals surface area contributed by atoms with Gasteiger partial charge in [0, 0.05) is 0 Å². The normalized spacial score (nSPS) is 53.5. The van der Waals surface area contributed by atoms with E-state index in [1.165, 1.54) is 77.0 Å². The summed E-state index contributed by atoms with van der Waals surface area (Å²) in [6, 6.07) is 0. The molecule has 8 fully saturated rings. The minimum absolute atomic E-state index is 0.0581. The molecule has 140 valence electrons. The molecule has 0 unspecified atom stereocenters. The molecule has 0 aliphatic heterocycles. The molecular formula is C22H31N3O. The van der Waals surface area contributed by atoms with Gasteiger partial charge in [-0.3, -0.25) is 4.68 Å². The molecule has 8 bridgehead atoms. The topological polar surface area (TPSA) is 39.8 Å². The van der Waals surface area contributed by atoms with Crippen LogP contribution in [0.2, 0.25) is 0 Å². The van der Waals surface area contributed by atoms with Gasteiger partial charge in [-0.1, -0.05) is 0 Å². The standard InChI is InChI=1S/C22H31N3O/c26-20-23-13-24(21-7-14-1-15(8-21)3-16(2-14)9-21)25(20)22-10-17-4-18(11-22)6-19(5-17)12-22/h13-19H,1-12H2. The highest BCUT2D eigenvalue weighted by molar-refractivity contribution is 5.09. The van der Waals surface area contributed by atoms with Crippen molar-refractivity contribution in [2.45, 2.75) is 88.1 Å². The summed E-state index contributed by atoms with van der Waals surface area (Å²) >= 11 is 0. The van der Waals surface area contributed by atoms with Gasteiger partial charge in [-0.05, 0) is 113 Å². The van der Waals surface area contributed by atoms with Crippen LogP contribution in [0, 0.1) is 35.5 Å². The Kier molecular flexibility index (Phi) is 2.68. The molecule has 0 N–H and O–H groups in total. The van der Waals surface area contributed by atoms with E-state index in [2.05, 4.69) is 14.3 Å². The number of rotatable bonds is 2. The summed E-state index contributed by atoms with van der Waals surface area (Å²) in [7, 11) is 0. The Morgan fingerprint density at radius 3 is 1.50 bits per heavy atom. The van der Waals surface area contributed by atoms with Gasteiger partial charge in [0.2, 0.25) is 0 Å². The molecule has 9 rings (SSSR count). The van der Waals surface area contributed by atoms with Crippen LogP contribution in [-0.2, 0) is 11.1 Å². The Balaban J connectivity index is 1.37. The predicted octanol–water partition coefficient (Wildman–Crippen LogP) is 3.90. The number of hydrogen-bond acceptors (Lipinski definition) is 2. The first-order chi connectivity index (χ1) is 12.6. The van der Waals surface area contributed by atoms with E-state index in [-0.39, 0.29) is 16.8 Å². The number of hydrogen-bond donors (Lipinski definition) is 0. The first-order valence-corrected chi connectivity index (χ1v) is 11.3. The molecule has 8 aliphatic carbocycles. The summed E-state index contributed by atoms with van der Waals surface area (Å²) in [5, 5.41) is 0. The lowest BCUT2D eigenvalue weighted by Crippen LogP contribution is -2.60. The van der Waals surface area contributed by atoms with Crippen LogP contribution in [0.5, 0.6) is 0 Å². The third kappa shape index (κ3) is 1.82. The average Bonchev–Trinajstić information content (AvgIpc) is 2.95. The molecule has 26 heavy (non-hydrogen) atoms. The first-order valence-electron chi connectivity index (χ1n) is 11.3. The van der Waals surface area contributed by atoms with E-state index in [9.17, 15) is 4.79 Å². The maximum absolute atomic E-state index is 13.1. The molecular weight excluding hydrogens is 322 g/mol. The SMILES string of the molecule is O=c1ncn(C23CC4CC(CC(C4)C2)C3)n1C12CC3CC(CC(C3)C1)C2. The molecule has 0 atom stereocenters. The van der Waals surface area contributed by atoms with Crippen LogP contribution in [0.3, 0.4) is 0 Å². The van der Waals surface area contributed by atoms with Crippen molar-refractivity contribution in [3.63, 3.8) is 0 Å². The Morgan fingerprint density at radius 1 is 0.692 bits per heavy atom. The Hall–Kier alpha value is -1.06. The van der Waals surface area contributed by atoms with Crippen molar-refractivity contribution in [3.8, 4) is 0 Å². The highest BCUT2D eigenvalue weighted by Crippen LogP contribution is 2.61. The van der Waals surface area contributed by atoms with Gasteiger partial charge in [0.05, 0.1) is 11.1 Å². The van der Waals surface area contributed by atoms with Crippen molar-refractivity contribution in [2.75, 3.05) is 0 Å². The molecule has 1 aromatic rings. The molecule has 1 heterocycles. The van der Waals surface area contributed by atoms with Crippen LogP contribution in [0.25, 0.3) is 0 Å². The zero-order valence-electron chi connectivity index (χ0n) is 15.8. The monoisotopic (exact) mass is 353 g/mol. The third-order valence-electron chi connectivity index (χ3n) is 9.62. The van der Waals surface area contributed by atoms with Crippen molar-refractivity contribution in [3.05, 3.63) is 16.8 Å². The van der Waals surface area contributed by atoms with E-state index >= 15 is 0 Å². The molecule has 4 heteroatoms. The van der Waals surface area contributed by atoms with E-state index in [1.54, 1.807) is 0 Å². The Labute approximate surface area is 155 Å². The van der Waals surface area contributed by atoms with Crippen molar-refractivity contribution < 1.29 is 0 Å². The quantitative estimate of drug-likeness (QED) is 0.809. The second-order valence-electron chi connectivity index (χ2n) is 11.5. The molecule has 0 saturated heterocycles. The van der Waals surface area contributed by atoms with Crippen LogP contribution in [-0.4, -0.2) is 14.3 Å². The number of aromatic nitrogens is 3. The second-order valence-corrected chi connectivity index (χ2v) is 11.5. The maximum Gasteiger partial charge on any atom is 0.364 e. The largest absolute Gasteiger partial charge is 0.364 e. The average molecular weight is 354 g/mol. The summed E-state index contributed by atoms with van der Waals surface area (Å²) in [5.41, 5.74) is 0.377. The first kappa shape index (κ1) is 14.9. The van der Waals surface area contributed by atoms with Crippen LogP contribution in [0.15, 0.2) is 11.1 Å². The van der Waals surface area contributed by atoms with E-state index < -0.39 is 0 Å². The number of nitrogens with zero attached hydrogens (tertiary/aromatic N) is 3. The van der Waals surface area contributed by atoms with E-state index in [4.69, 9.17) is 0 Å². The minimum atomic E-state index is 0.0581. The van der Waals surface area contributed by atoms with Gasteiger partial charge >= 0.3 is 5.69 Å². The molecule has 4 nitrogen and oxygen atoms in total. The van der Waals surface area contributed by atoms with Crippen molar-refractivity contribution in [1.82, 2.24) is 14.3 Å². The van der Waals surface area contributed by atoms with Gasteiger partial charge < -0.3 is 0 Å². The van der Waals surface area contributed by atoms with Gasteiger partial charge in [0.25, 0.3) is 0 Å². The molecule has 0 aromatic carbocycles. The molecule has 1 aromatic heterocycles. The van der Waals surface area contributed by atoms with Gasteiger partial charge in [0.1, 0.15) is 6.33 Å². The summed E-state index contributed by atoms with van der Waals surface area (Å²) < 4.78 is 4.71. The lowest BCUT2D eigenvalue weighted by molar-refractivity contribution is -0.0944. The van der Waals surface area contributed by atoms with E-state index in [0.29, 0.717) is 0 Å². The molecule has 0 spiro atoms. The third-order valence-corrected chi connectivity index (χ3v) is 9.62. The van der Waals surface area contributed by atoms with Crippen LogP contribution in [0.4, 0.5) is 0 Å². The Morgan fingerprint density at radius 2 is 1.08 bits per heavy atom. The van der Waals surface area contributed by atoms with E-state index in [0.717, 1.165) is 35.5 Å². The summed E-state index contributed by atoms with van der Waals surface area (Å²) in [4.78, 5) is 17.5. The maximum atomic E-state index is 13.1. The van der Waals surface area contributed by atoms with Crippen LogP contribution >= 0.6 is 0 Å². The highest BCUT2D eigenvalue weighted by Gasteiger charge is 2.57. The van der Waals surface area contributed by atoms with Gasteiger partial charge in [0.15, 0.2) is 0 Å². The second kappa shape index (κ2) is 4.67. The molecule has 8 saturated carbocycles. The lowest BCUT2D eigenvalue weighted by atomic mass is 9.52. The van der Waals surface area contributed by atoms with E-state index in [1.807, 2.05) is 6.33 Å². The van der Waals surface area contributed by atoms with Crippen molar-refractivity contribution in [2.24, 2.45) is 35.5 Å². The molecule has 8 aliphatic rings. The summed E-state index contributed by atoms with van der Waals surface area (Å²) in [5.74, 6) is 5.32. The van der Waals surface area contributed by atoms with Crippen LogP contribution < -0.4 is 5.69 Å². The summed E-state index contributed by atoms with van der Waals surface area (Å²) in [6.07, 6.45) is 18.3. The van der Waals surface area contributed by atoms with Crippen molar-refractivity contribution >= 4 is 0 Å². The van der Waals surface area contributed by atoms with Crippen molar-refractivity contribution in [1.29, 1.82) is 0 Å². The predicted molar refractivity (Wildman–Crippen MR) is 98.8 cm³/mol. The minimum Gasteiger partial charge on any atom is -0.264 e. The van der Waals surface area contributed by atoms with Crippen LogP contribution in [0.1, 0.15) is 77.0 Å². The fourth-order valence-corrected chi connectivity index (χ4v) is 9.74. The lowest BCUT2D eigenvalue weighted by Gasteiger charge is -2.60. The fourth-order valence-electron chi connectivity index (χ4n) is 9.74. The molecule has 0 radical (unpaired) electrons. The fraction of sp³-hybridized carbons (Fsp3) is 0.909. The Bertz CT molecular complexity index is 747. The zero-order chi connectivity index (χ0) is 17.1. The van der Waals surface area contributed by atoms with Gasteiger partial charge in [-0.2, -0.15) is 4.98 Å². The van der Waals surface area contributed by atoms with Gasteiger partial charge in [-0.25, -0.2) is 9.48 Å². The molecule has 0 amide bonds.